The summed E-state index contributed by atoms with van der Waals surface area (Å²) in [6, 6.07) is 6.98. The first-order chi connectivity index (χ1) is 9.28. The van der Waals surface area contributed by atoms with Crippen molar-refractivity contribution >= 4 is 29.9 Å². The first-order valence-electron chi connectivity index (χ1n) is 6.72. The Balaban J connectivity index is 0.00000200. The molecule has 1 aromatic carbocycles. The molecule has 0 fully saturated rings. The number of nitrogens with one attached hydrogen (secondary N) is 2. The Morgan fingerprint density at radius 3 is 2.75 bits per heavy atom. The van der Waals surface area contributed by atoms with E-state index in [1.165, 1.54) is 12.1 Å². The van der Waals surface area contributed by atoms with E-state index >= 15 is 0 Å². The lowest BCUT2D eigenvalue weighted by Gasteiger charge is -2.16. The molecule has 110 valence electrons. The highest BCUT2D eigenvalue weighted by atomic mass is 127. The van der Waals surface area contributed by atoms with Crippen LogP contribution in [0.2, 0.25) is 0 Å². The molecule has 0 bridgehead atoms. The molecule has 5 heteroatoms. The number of hydrogen-bond donors (Lipinski definition) is 2. The fraction of sp³-hybridized carbons (Fsp3) is 0.400. The predicted octanol–water partition coefficient (Wildman–Crippen LogP) is 3.22. The second-order valence-electron chi connectivity index (χ2n) is 4.61. The van der Waals surface area contributed by atoms with Gasteiger partial charge in [0.2, 0.25) is 0 Å². The molecule has 0 atom stereocenters. The molecule has 0 amide bonds. The van der Waals surface area contributed by atoms with E-state index in [1.807, 2.05) is 13.0 Å². The number of hydrogen-bond acceptors (Lipinski definition) is 1. The maximum absolute atomic E-state index is 13.1. The minimum Gasteiger partial charge on any atom is -0.357 e. The van der Waals surface area contributed by atoms with Crippen LogP contribution in [0, 0.1) is 5.82 Å². The molecule has 0 unspecified atom stereocenters. The fourth-order valence-electron chi connectivity index (χ4n) is 2.05. The number of halogens is 2. The van der Waals surface area contributed by atoms with Crippen LogP contribution in [0.4, 0.5) is 4.39 Å². The van der Waals surface area contributed by atoms with Crippen molar-refractivity contribution in [2.24, 2.45) is 4.99 Å². The number of guanidine groups is 1. The van der Waals surface area contributed by atoms with Crippen LogP contribution in [0.15, 0.2) is 41.4 Å². The van der Waals surface area contributed by atoms with Crippen LogP contribution in [0.25, 0.3) is 0 Å². The van der Waals surface area contributed by atoms with Gasteiger partial charge >= 0.3 is 0 Å². The van der Waals surface area contributed by atoms with Crippen LogP contribution in [-0.2, 0) is 6.54 Å². The summed E-state index contributed by atoms with van der Waals surface area (Å²) in [7, 11) is 0. The second kappa shape index (κ2) is 8.94. The van der Waals surface area contributed by atoms with E-state index in [9.17, 15) is 4.39 Å². The molecule has 1 aliphatic rings. The Hall–Kier alpha value is -1.11. The molecule has 0 spiro atoms. The molecule has 3 nitrogen and oxygen atoms in total. The molecular formula is C15H21FIN3. The van der Waals surface area contributed by atoms with Crippen molar-refractivity contribution in [3.8, 4) is 0 Å². The maximum atomic E-state index is 13.1. The smallest absolute Gasteiger partial charge is 0.191 e. The fourth-order valence-corrected chi connectivity index (χ4v) is 2.05. The van der Waals surface area contributed by atoms with Crippen LogP contribution in [0.3, 0.4) is 0 Å². The van der Waals surface area contributed by atoms with Gasteiger partial charge in [0.05, 0.1) is 6.54 Å². The van der Waals surface area contributed by atoms with Crippen molar-refractivity contribution in [2.75, 3.05) is 6.54 Å². The van der Waals surface area contributed by atoms with Gasteiger partial charge < -0.3 is 10.6 Å². The lowest BCUT2D eigenvalue weighted by atomic mass is 10.2. The molecule has 1 aliphatic carbocycles. The third kappa shape index (κ3) is 5.48. The quantitative estimate of drug-likeness (QED) is 0.359. The van der Waals surface area contributed by atoms with Gasteiger partial charge in [-0.15, -0.1) is 24.0 Å². The first kappa shape index (κ1) is 16.9. The summed E-state index contributed by atoms with van der Waals surface area (Å²) in [4.78, 5) is 4.49. The average molecular weight is 389 g/mol. The number of aliphatic imine (C=N–C) groups is 1. The Morgan fingerprint density at radius 2 is 2.10 bits per heavy atom. The minimum atomic E-state index is -0.217. The first-order valence-corrected chi connectivity index (χ1v) is 6.72. The lowest BCUT2D eigenvalue weighted by Crippen LogP contribution is -2.42. The topological polar surface area (TPSA) is 36.4 Å². The number of benzene rings is 1. The lowest BCUT2D eigenvalue weighted by molar-refractivity contribution is 0.624. The zero-order chi connectivity index (χ0) is 13.5. The van der Waals surface area contributed by atoms with Crippen molar-refractivity contribution in [1.82, 2.24) is 10.6 Å². The predicted molar refractivity (Wildman–Crippen MR) is 91.9 cm³/mol. The molecule has 0 saturated carbocycles. The summed E-state index contributed by atoms with van der Waals surface area (Å²) in [5.41, 5.74) is 0.877. The molecule has 1 aromatic rings. The van der Waals surface area contributed by atoms with Crippen LogP contribution >= 0.6 is 24.0 Å². The molecule has 2 rings (SSSR count). The highest BCUT2D eigenvalue weighted by Crippen LogP contribution is 2.09. The zero-order valence-corrected chi connectivity index (χ0v) is 13.9. The van der Waals surface area contributed by atoms with E-state index in [0.29, 0.717) is 12.6 Å². The monoisotopic (exact) mass is 389 g/mol. The molecule has 0 heterocycles. The Bertz CT molecular complexity index is 466. The second-order valence-corrected chi connectivity index (χ2v) is 4.61. The van der Waals surface area contributed by atoms with Crippen LogP contribution in [0.5, 0.6) is 0 Å². The molecule has 20 heavy (non-hydrogen) atoms. The van der Waals surface area contributed by atoms with Gasteiger partial charge in [-0.3, -0.25) is 0 Å². The van der Waals surface area contributed by atoms with Crippen LogP contribution in [0.1, 0.15) is 25.3 Å². The molecule has 0 aliphatic heterocycles. The van der Waals surface area contributed by atoms with Gasteiger partial charge in [-0.2, -0.15) is 0 Å². The van der Waals surface area contributed by atoms with Crippen molar-refractivity contribution < 1.29 is 4.39 Å². The zero-order valence-electron chi connectivity index (χ0n) is 11.6. The Morgan fingerprint density at radius 1 is 1.35 bits per heavy atom. The van der Waals surface area contributed by atoms with Gasteiger partial charge in [0.25, 0.3) is 0 Å². The molecule has 0 radical (unpaired) electrons. The third-order valence-corrected chi connectivity index (χ3v) is 3.00. The number of rotatable bonds is 4. The molecule has 0 saturated heterocycles. The van der Waals surface area contributed by atoms with Gasteiger partial charge in [0, 0.05) is 12.6 Å². The molecular weight excluding hydrogens is 368 g/mol. The standard InChI is InChI=1S/C15H20FN3.HI/c1-2-17-15(19-14-8-3-4-9-14)18-11-12-6-5-7-13(16)10-12;/h3-7,10,14H,2,8-9,11H2,1H3,(H2,17,18,19);1H. The van der Waals surface area contributed by atoms with Gasteiger partial charge in [-0.05, 0) is 37.5 Å². The van der Waals surface area contributed by atoms with E-state index in [-0.39, 0.29) is 29.8 Å². The molecule has 0 aromatic heterocycles. The SMILES string of the molecule is CCNC(=NCc1cccc(F)c1)NC1CC=CC1.I. The van der Waals surface area contributed by atoms with Crippen LogP contribution in [-0.4, -0.2) is 18.5 Å². The Labute approximate surface area is 136 Å². The van der Waals surface area contributed by atoms with Crippen molar-refractivity contribution in [2.45, 2.75) is 32.4 Å². The third-order valence-electron chi connectivity index (χ3n) is 3.00. The van der Waals surface area contributed by atoms with E-state index in [0.717, 1.165) is 30.9 Å². The summed E-state index contributed by atoms with van der Waals surface area (Å²) in [5.74, 6) is 0.575. The normalized spacial score (nSPS) is 15.0. The van der Waals surface area contributed by atoms with Gasteiger partial charge in [-0.25, -0.2) is 9.38 Å². The minimum absolute atomic E-state index is 0. The van der Waals surface area contributed by atoms with E-state index in [1.54, 1.807) is 6.07 Å². The van der Waals surface area contributed by atoms with E-state index in [2.05, 4.69) is 27.8 Å². The van der Waals surface area contributed by atoms with Gasteiger partial charge in [0.15, 0.2) is 5.96 Å². The summed E-state index contributed by atoms with van der Waals surface area (Å²) in [5, 5.41) is 6.60. The summed E-state index contributed by atoms with van der Waals surface area (Å²) >= 11 is 0. The van der Waals surface area contributed by atoms with E-state index in [4.69, 9.17) is 0 Å². The van der Waals surface area contributed by atoms with E-state index < -0.39 is 0 Å². The van der Waals surface area contributed by atoms with Crippen molar-refractivity contribution in [1.29, 1.82) is 0 Å². The van der Waals surface area contributed by atoms with Crippen LogP contribution < -0.4 is 10.6 Å². The largest absolute Gasteiger partial charge is 0.357 e. The summed E-state index contributed by atoms with van der Waals surface area (Å²) in [6.45, 7) is 3.33. The van der Waals surface area contributed by atoms with Crippen molar-refractivity contribution in [3.05, 3.63) is 47.8 Å². The van der Waals surface area contributed by atoms with Gasteiger partial charge in [-0.1, -0.05) is 24.3 Å². The maximum Gasteiger partial charge on any atom is 0.191 e. The Kier molecular flexibility index (Phi) is 7.58. The summed E-state index contributed by atoms with van der Waals surface area (Å²) < 4.78 is 13.1. The molecule has 2 N–H and O–H groups in total. The van der Waals surface area contributed by atoms with Crippen molar-refractivity contribution in [3.63, 3.8) is 0 Å². The summed E-state index contributed by atoms with van der Waals surface area (Å²) in [6.07, 6.45) is 6.41. The average Bonchev–Trinajstić information content (AvgIpc) is 2.89. The number of nitrogens with zero attached hydrogens (tertiary/aromatic N) is 1. The highest BCUT2D eigenvalue weighted by Gasteiger charge is 2.11. The highest BCUT2D eigenvalue weighted by molar-refractivity contribution is 14.0. The van der Waals surface area contributed by atoms with Gasteiger partial charge in [0.1, 0.15) is 5.82 Å².